The molecule has 0 saturated heterocycles. The van der Waals surface area contributed by atoms with Crippen LogP contribution in [-0.4, -0.2) is 29.1 Å². The van der Waals surface area contributed by atoms with Gasteiger partial charge >= 0.3 is 0 Å². The molecule has 0 aromatic carbocycles. The normalized spacial score (nSPS) is 12.7. The Morgan fingerprint density at radius 3 is 2.29 bits per heavy atom. The highest BCUT2D eigenvalue weighted by Crippen LogP contribution is 2.13. The Labute approximate surface area is 92.8 Å². The molecule has 3 heteroatoms. The van der Waals surface area contributed by atoms with Crippen molar-refractivity contribution in [1.29, 1.82) is 0 Å². The maximum atomic E-state index is 11.9. The summed E-state index contributed by atoms with van der Waals surface area (Å²) in [6.07, 6.45) is 0. The first-order chi connectivity index (χ1) is 6.40. The third-order valence-corrected chi connectivity index (χ3v) is 2.86. The van der Waals surface area contributed by atoms with Crippen LogP contribution < -0.4 is 0 Å². The topological polar surface area (TPSA) is 20.3 Å². The van der Waals surface area contributed by atoms with Crippen LogP contribution in [0.15, 0.2) is 12.2 Å². The van der Waals surface area contributed by atoms with E-state index in [4.69, 9.17) is 0 Å². The molecular weight excluding hydrogens is 194 g/mol. The summed E-state index contributed by atoms with van der Waals surface area (Å²) in [5.74, 6) is 0.374. The van der Waals surface area contributed by atoms with Gasteiger partial charge in [-0.25, -0.2) is 0 Å². The van der Waals surface area contributed by atoms with Crippen LogP contribution in [0, 0.1) is 5.92 Å². The molecule has 2 nitrogen and oxygen atoms in total. The second kappa shape index (κ2) is 6.12. The number of thiol groups is 1. The van der Waals surface area contributed by atoms with Crippen molar-refractivity contribution in [2.24, 2.45) is 5.92 Å². The fourth-order valence-electron chi connectivity index (χ4n) is 1.14. The molecular formula is C11H21NOS. The number of hydrogen-bond donors (Lipinski definition) is 1. The Balaban J connectivity index is 4.38. The van der Waals surface area contributed by atoms with E-state index in [-0.39, 0.29) is 17.1 Å². The lowest BCUT2D eigenvalue weighted by atomic mass is 10.1. The smallest absolute Gasteiger partial charge is 0.235 e. The van der Waals surface area contributed by atoms with Gasteiger partial charge in [-0.05, 0) is 19.8 Å². The van der Waals surface area contributed by atoms with Crippen LogP contribution in [0.3, 0.4) is 0 Å². The molecule has 0 aliphatic rings. The molecule has 0 N–H and O–H groups in total. The van der Waals surface area contributed by atoms with E-state index in [9.17, 15) is 4.79 Å². The van der Waals surface area contributed by atoms with E-state index in [0.717, 1.165) is 12.1 Å². The molecule has 0 aliphatic carbocycles. The monoisotopic (exact) mass is 215 g/mol. The van der Waals surface area contributed by atoms with E-state index in [2.05, 4.69) is 19.2 Å². The van der Waals surface area contributed by atoms with Crippen molar-refractivity contribution >= 4 is 18.5 Å². The van der Waals surface area contributed by atoms with E-state index in [1.165, 1.54) is 0 Å². The summed E-state index contributed by atoms with van der Waals surface area (Å²) in [6.45, 7) is 13.1. The standard InChI is InChI=1S/C11H21NOS/c1-6-12(7-8(2)3)11(13)10(14)9(4)5/h9-10,14H,2,6-7H2,1,3-5H3. The SMILES string of the molecule is C=C(C)CN(CC)C(=O)C(S)C(C)C. The summed E-state index contributed by atoms with van der Waals surface area (Å²) < 4.78 is 0. The summed E-state index contributed by atoms with van der Waals surface area (Å²) in [5, 5.41) is -0.200. The van der Waals surface area contributed by atoms with Crippen LogP contribution in [0.2, 0.25) is 0 Å². The molecule has 14 heavy (non-hydrogen) atoms. The number of carbonyl (C=O) groups excluding carboxylic acids is 1. The minimum absolute atomic E-state index is 0.105. The van der Waals surface area contributed by atoms with E-state index >= 15 is 0 Å². The Hall–Kier alpha value is -0.440. The maximum absolute atomic E-state index is 11.9. The van der Waals surface area contributed by atoms with Gasteiger partial charge in [-0.1, -0.05) is 26.0 Å². The largest absolute Gasteiger partial charge is 0.338 e. The summed E-state index contributed by atoms with van der Waals surface area (Å²) in [5.41, 5.74) is 1.00. The van der Waals surface area contributed by atoms with Gasteiger partial charge in [0.15, 0.2) is 0 Å². The predicted octanol–water partition coefficient (Wildman–Crippen LogP) is 2.37. The highest BCUT2D eigenvalue weighted by molar-refractivity contribution is 7.81. The molecule has 0 rings (SSSR count). The van der Waals surface area contributed by atoms with Crippen molar-refractivity contribution in [3.63, 3.8) is 0 Å². The van der Waals surface area contributed by atoms with Crippen LogP contribution in [0.25, 0.3) is 0 Å². The fraction of sp³-hybridized carbons (Fsp3) is 0.727. The quantitative estimate of drug-likeness (QED) is 0.551. The van der Waals surface area contributed by atoms with Gasteiger partial charge in [0.1, 0.15) is 0 Å². The molecule has 0 heterocycles. The average molecular weight is 215 g/mol. The summed E-state index contributed by atoms with van der Waals surface area (Å²) >= 11 is 4.31. The first-order valence-corrected chi connectivity index (χ1v) is 5.53. The molecule has 0 aliphatic heterocycles. The van der Waals surface area contributed by atoms with Gasteiger partial charge < -0.3 is 4.90 Å². The molecule has 0 radical (unpaired) electrons. The van der Waals surface area contributed by atoms with Gasteiger partial charge in [-0.15, -0.1) is 0 Å². The van der Waals surface area contributed by atoms with Crippen molar-refractivity contribution < 1.29 is 4.79 Å². The number of nitrogens with zero attached hydrogens (tertiary/aromatic N) is 1. The lowest BCUT2D eigenvalue weighted by Crippen LogP contribution is -2.39. The molecule has 0 bridgehead atoms. The molecule has 0 saturated carbocycles. The first kappa shape index (κ1) is 13.6. The van der Waals surface area contributed by atoms with Crippen molar-refractivity contribution in [2.45, 2.75) is 32.9 Å². The highest BCUT2D eigenvalue weighted by Gasteiger charge is 2.22. The third-order valence-electron chi connectivity index (χ3n) is 2.04. The second-order valence-corrected chi connectivity index (χ2v) is 4.55. The average Bonchev–Trinajstić information content (AvgIpc) is 2.11. The summed E-state index contributed by atoms with van der Waals surface area (Å²) in [7, 11) is 0. The number of likely N-dealkylation sites (N-methyl/N-ethyl adjacent to an activating group) is 1. The number of amides is 1. The Bertz CT molecular complexity index is 213. The maximum Gasteiger partial charge on any atom is 0.235 e. The lowest BCUT2D eigenvalue weighted by Gasteiger charge is -2.25. The Kier molecular flexibility index (Phi) is 5.93. The summed E-state index contributed by atoms with van der Waals surface area (Å²) in [6, 6.07) is 0. The second-order valence-electron chi connectivity index (χ2n) is 4.00. The molecule has 0 aromatic heterocycles. The molecule has 0 aromatic rings. The van der Waals surface area contributed by atoms with Crippen molar-refractivity contribution in [1.82, 2.24) is 4.90 Å². The van der Waals surface area contributed by atoms with E-state index in [0.29, 0.717) is 6.54 Å². The zero-order chi connectivity index (χ0) is 11.3. The van der Waals surface area contributed by atoms with Crippen molar-refractivity contribution in [3.8, 4) is 0 Å². The summed E-state index contributed by atoms with van der Waals surface area (Å²) in [4.78, 5) is 13.7. The number of carbonyl (C=O) groups is 1. The van der Waals surface area contributed by atoms with Gasteiger partial charge in [0.25, 0.3) is 0 Å². The molecule has 1 atom stereocenters. The number of hydrogen-bond acceptors (Lipinski definition) is 2. The number of rotatable bonds is 5. The Morgan fingerprint density at radius 2 is 2.00 bits per heavy atom. The zero-order valence-electron chi connectivity index (χ0n) is 9.58. The van der Waals surface area contributed by atoms with Gasteiger partial charge in [-0.2, -0.15) is 12.6 Å². The first-order valence-electron chi connectivity index (χ1n) is 5.01. The van der Waals surface area contributed by atoms with E-state index in [1.807, 2.05) is 27.7 Å². The third kappa shape index (κ3) is 4.18. The Morgan fingerprint density at radius 1 is 1.50 bits per heavy atom. The molecule has 0 spiro atoms. The van der Waals surface area contributed by atoms with Crippen LogP contribution in [0.1, 0.15) is 27.7 Å². The van der Waals surface area contributed by atoms with Crippen LogP contribution in [-0.2, 0) is 4.79 Å². The highest BCUT2D eigenvalue weighted by atomic mass is 32.1. The van der Waals surface area contributed by atoms with Crippen LogP contribution in [0.5, 0.6) is 0 Å². The minimum atomic E-state index is -0.200. The zero-order valence-corrected chi connectivity index (χ0v) is 10.5. The molecule has 82 valence electrons. The fourth-order valence-corrected chi connectivity index (χ4v) is 1.31. The molecule has 1 unspecified atom stereocenters. The molecule has 1 amide bonds. The van der Waals surface area contributed by atoms with Gasteiger partial charge in [-0.3, -0.25) is 4.79 Å². The van der Waals surface area contributed by atoms with Gasteiger partial charge in [0, 0.05) is 13.1 Å². The van der Waals surface area contributed by atoms with E-state index < -0.39 is 0 Å². The predicted molar refractivity (Wildman–Crippen MR) is 64.7 cm³/mol. The van der Waals surface area contributed by atoms with E-state index in [1.54, 1.807) is 4.90 Å². The van der Waals surface area contributed by atoms with Crippen LogP contribution >= 0.6 is 12.6 Å². The molecule has 0 fully saturated rings. The van der Waals surface area contributed by atoms with Crippen molar-refractivity contribution in [3.05, 3.63) is 12.2 Å². The van der Waals surface area contributed by atoms with Gasteiger partial charge in [0.05, 0.1) is 5.25 Å². The van der Waals surface area contributed by atoms with Crippen LogP contribution in [0.4, 0.5) is 0 Å². The van der Waals surface area contributed by atoms with Crippen molar-refractivity contribution in [2.75, 3.05) is 13.1 Å². The minimum Gasteiger partial charge on any atom is -0.338 e. The van der Waals surface area contributed by atoms with Gasteiger partial charge in [0.2, 0.25) is 5.91 Å². The lowest BCUT2D eigenvalue weighted by molar-refractivity contribution is -0.130.